The molecule has 0 radical (unpaired) electrons. The van der Waals surface area contributed by atoms with E-state index in [1.165, 1.54) is 18.5 Å². The number of nitrogens with one attached hydrogen (secondary N) is 1. The Balaban J connectivity index is 1.27. The van der Waals surface area contributed by atoms with Gasteiger partial charge in [-0.3, -0.25) is 15.1 Å². The maximum atomic E-state index is 13.8. The van der Waals surface area contributed by atoms with Crippen LogP contribution in [0.15, 0.2) is 36.5 Å². The molecule has 7 rings (SSSR count). The second-order valence-corrected chi connectivity index (χ2v) is 12.8. The van der Waals surface area contributed by atoms with Crippen LogP contribution in [0.4, 0.5) is 11.6 Å². The number of likely N-dealkylation sites (tertiary alicyclic amines) is 1. The number of anilines is 2. The molecular weight excluding hydrogens is 540 g/mol. The molecule has 5 heterocycles. The fraction of sp³-hybridized carbons (Fsp3) is 0.515. The smallest absolute Gasteiger partial charge is 0.258 e. The van der Waals surface area contributed by atoms with Crippen LogP contribution in [-0.4, -0.2) is 75.0 Å². The van der Waals surface area contributed by atoms with E-state index in [9.17, 15) is 4.79 Å². The van der Waals surface area contributed by atoms with Crippen molar-refractivity contribution in [2.45, 2.75) is 58.0 Å². The summed E-state index contributed by atoms with van der Waals surface area (Å²) in [6, 6.07) is 10.8. The van der Waals surface area contributed by atoms with Gasteiger partial charge in [0.25, 0.3) is 5.91 Å². The molecule has 1 saturated carbocycles. The summed E-state index contributed by atoms with van der Waals surface area (Å²) in [6.45, 7) is 5.57. The molecule has 1 saturated heterocycles. The predicted octanol–water partition coefficient (Wildman–Crippen LogP) is 5.12. The highest BCUT2D eigenvalue weighted by Crippen LogP contribution is 2.41. The van der Waals surface area contributed by atoms with Gasteiger partial charge in [-0.25, -0.2) is 9.67 Å². The van der Waals surface area contributed by atoms with Gasteiger partial charge >= 0.3 is 0 Å². The van der Waals surface area contributed by atoms with Crippen molar-refractivity contribution in [1.29, 1.82) is 0 Å². The average molecular weight is 583 g/mol. The largest absolute Gasteiger partial charge is 0.477 e. The third kappa shape index (κ3) is 5.60. The molecule has 4 aromatic rings. The lowest BCUT2D eigenvalue weighted by molar-refractivity contribution is 0.102. The van der Waals surface area contributed by atoms with Crippen molar-refractivity contribution in [1.82, 2.24) is 29.2 Å². The first kappa shape index (κ1) is 27.9. The normalized spacial score (nSPS) is 20.5. The zero-order valence-electron chi connectivity index (χ0n) is 25.7. The number of amides is 1. The average Bonchev–Trinajstić information content (AvgIpc) is 3.70. The van der Waals surface area contributed by atoms with Gasteiger partial charge in [0.05, 0.1) is 35.1 Å². The lowest BCUT2D eigenvalue weighted by Crippen LogP contribution is -2.41. The Kier molecular flexibility index (Phi) is 7.33. The van der Waals surface area contributed by atoms with Crippen LogP contribution in [0.1, 0.15) is 54.6 Å². The van der Waals surface area contributed by atoms with Crippen LogP contribution in [0.25, 0.3) is 22.3 Å². The number of fused-ring (bicyclic) bond motifs is 7. The molecular formula is C33H42N8O2. The van der Waals surface area contributed by atoms with Gasteiger partial charge < -0.3 is 19.1 Å². The zero-order chi connectivity index (χ0) is 29.7. The quantitative estimate of drug-likeness (QED) is 0.358. The maximum Gasteiger partial charge on any atom is 0.258 e. The van der Waals surface area contributed by atoms with Gasteiger partial charge in [0.2, 0.25) is 11.8 Å². The highest BCUT2D eigenvalue weighted by Gasteiger charge is 2.32. The number of ether oxygens (including phenoxy) is 1. The van der Waals surface area contributed by atoms with Crippen LogP contribution in [0.5, 0.6) is 5.88 Å². The highest BCUT2D eigenvalue weighted by molar-refractivity contribution is 6.05. The minimum atomic E-state index is -0.198. The van der Waals surface area contributed by atoms with E-state index in [2.05, 4.69) is 57.1 Å². The Morgan fingerprint density at radius 2 is 1.81 bits per heavy atom. The van der Waals surface area contributed by atoms with Gasteiger partial charge in [0, 0.05) is 43.6 Å². The Bertz CT molecular complexity index is 1650. The molecule has 1 amide bonds. The molecule has 226 valence electrons. The molecule has 2 aliphatic heterocycles. The number of nitrogens with zero attached hydrogens (tertiary/aromatic N) is 7. The number of piperidine rings is 1. The maximum absolute atomic E-state index is 13.8. The standard InChI is InChI=1S/C33H42N8O2/c1-21-16-24-17-28(35-21)27-19-34-40(4)32(27)43-15-5-6-23(22-7-8-22)20-41-30-10-9-26(18-29(30)36-33(41)37-31(24)42)39(3)25-11-13-38(2)14-12-25/h9-10,16-19,22-23,25H,5-8,11-15,20H2,1-4H3,(H,36,37,42)/t23-/m1/s1. The Hall–Kier alpha value is -3.92. The van der Waals surface area contributed by atoms with E-state index in [1.54, 1.807) is 10.9 Å². The van der Waals surface area contributed by atoms with E-state index < -0.39 is 0 Å². The molecule has 1 aromatic carbocycles. The number of pyridine rings is 1. The zero-order valence-corrected chi connectivity index (χ0v) is 25.7. The first-order valence-corrected chi connectivity index (χ1v) is 15.7. The third-order valence-electron chi connectivity index (χ3n) is 9.64. The number of carbonyl (C=O) groups is 1. The monoisotopic (exact) mass is 582 g/mol. The molecule has 0 spiro atoms. The molecule has 3 aliphatic rings. The second-order valence-electron chi connectivity index (χ2n) is 12.8. The number of carbonyl (C=O) groups excluding carboxylic acids is 1. The molecule has 10 nitrogen and oxygen atoms in total. The lowest BCUT2D eigenvalue weighted by atomic mass is 9.97. The van der Waals surface area contributed by atoms with Crippen LogP contribution in [-0.2, 0) is 13.6 Å². The molecule has 1 N–H and O–H groups in total. The van der Waals surface area contributed by atoms with Crippen molar-refractivity contribution in [3.63, 3.8) is 0 Å². The summed E-state index contributed by atoms with van der Waals surface area (Å²) in [4.78, 5) is 28.4. The van der Waals surface area contributed by atoms with Crippen LogP contribution < -0.4 is 15.0 Å². The first-order chi connectivity index (χ1) is 20.8. The number of aryl methyl sites for hydroxylation is 2. The van der Waals surface area contributed by atoms with E-state index in [1.807, 2.05) is 26.1 Å². The van der Waals surface area contributed by atoms with Crippen LogP contribution in [0.3, 0.4) is 0 Å². The second kappa shape index (κ2) is 11.3. The summed E-state index contributed by atoms with van der Waals surface area (Å²) in [6.07, 6.45) is 8.58. The first-order valence-electron chi connectivity index (χ1n) is 15.7. The van der Waals surface area contributed by atoms with Gasteiger partial charge in [-0.05, 0) is 108 Å². The Morgan fingerprint density at radius 3 is 2.60 bits per heavy atom. The minimum absolute atomic E-state index is 0.198. The van der Waals surface area contributed by atoms with E-state index in [4.69, 9.17) is 14.7 Å². The topological polar surface area (TPSA) is 93.3 Å². The van der Waals surface area contributed by atoms with E-state index >= 15 is 0 Å². The molecule has 2 fully saturated rings. The summed E-state index contributed by atoms with van der Waals surface area (Å²) < 4.78 is 10.3. The summed E-state index contributed by atoms with van der Waals surface area (Å²) in [5.41, 5.74) is 5.91. The van der Waals surface area contributed by atoms with Gasteiger partial charge in [0.1, 0.15) is 0 Å². The van der Waals surface area contributed by atoms with Crippen LogP contribution >= 0.6 is 0 Å². The van der Waals surface area contributed by atoms with Crippen molar-refractivity contribution in [2.24, 2.45) is 18.9 Å². The van der Waals surface area contributed by atoms with Gasteiger partial charge in [-0.15, -0.1) is 0 Å². The summed E-state index contributed by atoms with van der Waals surface area (Å²) in [5.74, 6) is 2.27. The molecule has 10 heteroatoms. The highest BCUT2D eigenvalue weighted by atomic mass is 16.5. The number of rotatable bonds is 3. The van der Waals surface area contributed by atoms with E-state index in [0.717, 1.165) is 67.6 Å². The van der Waals surface area contributed by atoms with Crippen molar-refractivity contribution in [3.05, 3.63) is 47.8 Å². The SMILES string of the molecule is Cc1cc2cc(n1)-c1cnn(C)c1OCCC[C@@H](C1CC1)Cn1c(nc3cc(N(C)C4CCN(C)CC4)ccc31)NC2=O. The van der Waals surface area contributed by atoms with Crippen molar-refractivity contribution < 1.29 is 9.53 Å². The van der Waals surface area contributed by atoms with Gasteiger partial charge in [-0.1, -0.05) is 0 Å². The fourth-order valence-corrected chi connectivity index (χ4v) is 6.89. The molecule has 2 bridgehead atoms. The van der Waals surface area contributed by atoms with Crippen molar-refractivity contribution in [3.8, 4) is 17.1 Å². The number of aromatic nitrogens is 5. The number of benzene rings is 1. The minimum Gasteiger partial charge on any atom is -0.477 e. The van der Waals surface area contributed by atoms with Crippen LogP contribution in [0, 0.1) is 18.8 Å². The Morgan fingerprint density at radius 1 is 1.00 bits per heavy atom. The summed E-state index contributed by atoms with van der Waals surface area (Å²) >= 11 is 0. The number of hydrogen-bond donors (Lipinski definition) is 1. The Labute approximate surface area is 253 Å². The molecule has 0 unspecified atom stereocenters. The van der Waals surface area contributed by atoms with Crippen molar-refractivity contribution >= 4 is 28.6 Å². The van der Waals surface area contributed by atoms with Gasteiger partial charge in [0.15, 0.2) is 0 Å². The molecule has 3 aromatic heterocycles. The van der Waals surface area contributed by atoms with Crippen molar-refractivity contribution in [2.75, 3.05) is 44.0 Å². The summed E-state index contributed by atoms with van der Waals surface area (Å²) in [7, 11) is 6.27. The lowest BCUT2D eigenvalue weighted by Gasteiger charge is -2.36. The molecule has 1 aliphatic carbocycles. The number of imidazole rings is 1. The third-order valence-corrected chi connectivity index (χ3v) is 9.64. The van der Waals surface area contributed by atoms with E-state index in [-0.39, 0.29) is 5.91 Å². The fourth-order valence-electron chi connectivity index (χ4n) is 6.89. The molecule has 1 atom stereocenters. The molecule has 43 heavy (non-hydrogen) atoms. The number of hydrogen-bond acceptors (Lipinski definition) is 7. The van der Waals surface area contributed by atoms with Crippen LogP contribution in [0.2, 0.25) is 0 Å². The van der Waals surface area contributed by atoms with Gasteiger partial charge in [-0.2, -0.15) is 5.10 Å². The summed E-state index contributed by atoms with van der Waals surface area (Å²) in [5, 5.41) is 7.63. The van der Waals surface area contributed by atoms with E-state index in [0.29, 0.717) is 47.6 Å². The predicted molar refractivity (Wildman–Crippen MR) is 169 cm³/mol.